The maximum atomic E-state index is 9.59. The average Bonchev–Trinajstić information content (AvgIpc) is 2.12. The Morgan fingerprint density at radius 1 is 0.867 bits per heavy atom. The molecule has 0 unspecified atom stereocenters. The third-order valence-electron chi connectivity index (χ3n) is 1.17. The molecule has 84 valence electrons. The average molecular weight is 244 g/mol. The van der Waals surface area contributed by atoms with E-state index in [1.165, 1.54) is 0 Å². The molecule has 6 nitrogen and oxygen atoms in total. The van der Waals surface area contributed by atoms with Crippen LogP contribution in [0.4, 0.5) is 0 Å². The van der Waals surface area contributed by atoms with E-state index >= 15 is 0 Å². The van der Waals surface area contributed by atoms with Crippen LogP contribution in [0.15, 0.2) is 0 Å². The summed E-state index contributed by atoms with van der Waals surface area (Å²) < 4.78 is 0. The number of carbonyl (C=O) groups is 2. The summed E-state index contributed by atoms with van der Waals surface area (Å²) in [5.41, 5.74) is 9.97. The van der Waals surface area contributed by atoms with Gasteiger partial charge in [-0.15, -0.1) is 0 Å². The Morgan fingerprint density at radius 3 is 1.20 bits per heavy atom. The third kappa shape index (κ3) is 31.5. The second-order valence-electron chi connectivity index (χ2n) is 2.53. The molecule has 0 rings (SSSR count). The van der Waals surface area contributed by atoms with E-state index in [1.807, 2.05) is 0 Å². The van der Waals surface area contributed by atoms with E-state index in [0.717, 1.165) is 0 Å². The zero-order valence-corrected chi connectivity index (χ0v) is 10.9. The molecule has 0 amide bonds. The first kappa shape index (κ1) is 20.5. The molecule has 0 bridgehead atoms. The standard InChI is InChI=1S/2C4H9NO2.Ca/c2*5-3-1-2-4(6)7;/h2*1-3,5H2,(H,6,7);/q;;+2/p-2. The van der Waals surface area contributed by atoms with E-state index in [-0.39, 0.29) is 50.6 Å². The molecule has 0 radical (unpaired) electrons. The van der Waals surface area contributed by atoms with Crippen molar-refractivity contribution >= 4 is 49.7 Å². The SMILES string of the molecule is NCCCC(=O)[O-].NCCCC(=O)[O-].[Ca+2]. The fourth-order valence-corrected chi connectivity index (χ4v) is 0.493. The van der Waals surface area contributed by atoms with Gasteiger partial charge >= 0.3 is 37.7 Å². The number of rotatable bonds is 6. The number of carboxylic acids is 2. The van der Waals surface area contributed by atoms with Crippen molar-refractivity contribution in [1.29, 1.82) is 0 Å². The molecule has 15 heavy (non-hydrogen) atoms. The Hall–Kier alpha value is 0.120. The Kier molecular flexibility index (Phi) is 22.6. The van der Waals surface area contributed by atoms with Gasteiger partial charge in [0.2, 0.25) is 0 Å². The monoisotopic (exact) mass is 244 g/mol. The molecular formula is C8H16CaN2O4. The minimum Gasteiger partial charge on any atom is -0.550 e. The Bertz CT molecular complexity index is 149. The van der Waals surface area contributed by atoms with E-state index in [1.54, 1.807) is 0 Å². The minimum absolute atomic E-state index is 0. The predicted octanol–water partition coefficient (Wildman–Crippen LogP) is -3.43. The van der Waals surface area contributed by atoms with Gasteiger partial charge in [-0.1, -0.05) is 0 Å². The van der Waals surface area contributed by atoms with E-state index in [9.17, 15) is 19.8 Å². The molecule has 0 aliphatic heterocycles. The van der Waals surface area contributed by atoms with Crippen LogP contribution < -0.4 is 21.7 Å². The van der Waals surface area contributed by atoms with Crippen molar-refractivity contribution in [3.8, 4) is 0 Å². The van der Waals surface area contributed by atoms with Gasteiger partial charge in [-0.2, -0.15) is 0 Å². The molecule has 0 saturated carbocycles. The van der Waals surface area contributed by atoms with Crippen molar-refractivity contribution in [2.24, 2.45) is 11.5 Å². The summed E-state index contributed by atoms with van der Waals surface area (Å²) in [6.45, 7) is 0.849. The number of hydrogen-bond donors (Lipinski definition) is 2. The van der Waals surface area contributed by atoms with Gasteiger partial charge in [0, 0.05) is 11.9 Å². The van der Waals surface area contributed by atoms with E-state index in [4.69, 9.17) is 11.5 Å². The molecule has 0 aromatic heterocycles. The molecule has 0 aliphatic rings. The van der Waals surface area contributed by atoms with Crippen molar-refractivity contribution in [3.05, 3.63) is 0 Å². The van der Waals surface area contributed by atoms with Crippen LogP contribution in [0.5, 0.6) is 0 Å². The topological polar surface area (TPSA) is 132 Å². The summed E-state index contributed by atoms with van der Waals surface area (Å²) in [4.78, 5) is 19.2. The summed E-state index contributed by atoms with van der Waals surface area (Å²) in [7, 11) is 0. The van der Waals surface area contributed by atoms with Crippen LogP contribution in [0.3, 0.4) is 0 Å². The first-order valence-corrected chi connectivity index (χ1v) is 4.34. The van der Waals surface area contributed by atoms with Gasteiger partial charge in [0.1, 0.15) is 0 Å². The van der Waals surface area contributed by atoms with Gasteiger partial charge in [-0.25, -0.2) is 0 Å². The zero-order valence-electron chi connectivity index (χ0n) is 8.74. The van der Waals surface area contributed by atoms with Crippen LogP contribution in [-0.4, -0.2) is 62.8 Å². The second kappa shape index (κ2) is 16.5. The summed E-state index contributed by atoms with van der Waals surface area (Å²) in [5, 5.41) is 19.2. The quantitative estimate of drug-likeness (QED) is 0.467. The van der Waals surface area contributed by atoms with Gasteiger partial charge in [0.05, 0.1) is 0 Å². The first-order valence-electron chi connectivity index (χ1n) is 4.34. The molecule has 0 aromatic rings. The molecule has 0 aliphatic carbocycles. The Balaban J connectivity index is -0.000000180. The van der Waals surface area contributed by atoms with Gasteiger partial charge in [-0.3, -0.25) is 0 Å². The maximum Gasteiger partial charge on any atom is 2.00 e. The minimum atomic E-state index is -1.02. The van der Waals surface area contributed by atoms with E-state index in [0.29, 0.717) is 25.9 Å². The van der Waals surface area contributed by atoms with Crippen LogP contribution in [-0.2, 0) is 9.59 Å². The fourth-order valence-electron chi connectivity index (χ4n) is 0.493. The van der Waals surface area contributed by atoms with Gasteiger partial charge < -0.3 is 31.3 Å². The number of carbonyl (C=O) groups excluding carboxylic acids is 2. The summed E-state index contributed by atoms with van der Waals surface area (Å²) >= 11 is 0. The van der Waals surface area contributed by atoms with Crippen molar-refractivity contribution in [3.63, 3.8) is 0 Å². The van der Waals surface area contributed by atoms with E-state index < -0.39 is 11.9 Å². The second-order valence-corrected chi connectivity index (χ2v) is 2.53. The molecule has 0 fully saturated rings. The maximum absolute atomic E-state index is 9.59. The number of hydrogen-bond acceptors (Lipinski definition) is 6. The summed E-state index contributed by atoms with van der Waals surface area (Å²) in [6.07, 6.45) is 1.19. The molecule has 0 atom stereocenters. The molecule has 7 heteroatoms. The first-order chi connectivity index (χ1) is 6.54. The van der Waals surface area contributed by atoms with Crippen molar-refractivity contribution < 1.29 is 19.8 Å². The van der Waals surface area contributed by atoms with Crippen LogP contribution in [0.25, 0.3) is 0 Å². The van der Waals surface area contributed by atoms with Crippen LogP contribution >= 0.6 is 0 Å². The smallest absolute Gasteiger partial charge is 0.550 e. The Labute approximate surface area is 119 Å². The van der Waals surface area contributed by atoms with Gasteiger partial charge in [0.15, 0.2) is 0 Å². The van der Waals surface area contributed by atoms with Crippen molar-refractivity contribution in [1.82, 2.24) is 0 Å². The van der Waals surface area contributed by atoms with Gasteiger partial charge in [-0.05, 0) is 38.8 Å². The molecule has 0 heterocycles. The summed E-state index contributed by atoms with van der Waals surface area (Å²) in [6, 6.07) is 0. The van der Waals surface area contributed by atoms with Crippen LogP contribution in [0, 0.1) is 0 Å². The third-order valence-corrected chi connectivity index (χ3v) is 1.17. The van der Waals surface area contributed by atoms with E-state index in [2.05, 4.69) is 0 Å². The molecule has 0 aromatic carbocycles. The van der Waals surface area contributed by atoms with Crippen LogP contribution in [0.1, 0.15) is 25.7 Å². The molecule has 0 saturated heterocycles. The zero-order chi connectivity index (χ0) is 11.4. The molecular weight excluding hydrogens is 228 g/mol. The number of nitrogens with two attached hydrogens (primary N) is 2. The van der Waals surface area contributed by atoms with Crippen molar-refractivity contribution in [2.75, 3.05) is 13.1 Å². The number of carboxylic acid groups (broad SMARTS) is 2. The van der Waals surface area contributed by atoms with Crippen molar-refractivity contribution in [2.45, 2.75) is 25.7 Å². The van der Waals surface area contributed by atoms with Gasteiger partial charge in [0.25, 0.3) is 0 Å². The normalized spacial score (nSPS) is 8.13. The van der Waals surface area contributed by atoms with Crippen LogP contribution in [0.2, 0.25) is 0 Å². The molecule has 4 N–H and O–H groups in total. The number of aliphatic carboxylic acids is 2. The predicted molar refractivity (Wildman–Crippen MR) is 52.3 cm³/mol. The Morgan fingerprint density at radius 2 is 1.13 bits per heavy atom. The molecule has 0 spiro atoms. The largest absolute Gasteiger partial charge is 2.00 e. The fraction of sp³-hybridized carbons (Fsp3) is 0.750. The summed E-state index contributed by atoms with van der Waals surface area (Å²) in [5.74, 6) is -2.05.